The van der Waals surface area contributed by atoms with Gasteiger partial charge in [0.05, 0.1) is 17.6 Å². The first-order valence-electron chi connectivity index (χ1n) is 8.75. The Labute approximate surface area is 159 Å². The van der Waals surface area contributed by atoms with E-state index in [0.717, 1.165) is 22.8 Å². The van der Waals surface area contributed by atoms with Gasteiger partial charge in [-0.25, -0.2) is 8.42 Å². The highest BCUT2D eigenvalue weighted by atomic mass is 32.2. The van der Waals surface area contributed by atoms with Crippen LogP contribution in [0.5, 0.6) is 0 Å². The van der Waals surface area contributed by atoms with Crippen LogP contribution in [0.1, 0.15) is 36.5 Å². The number of fused-ring (bicyclic) bond motifs is 1. The number of amides is 1. The van der Waals surface area contributed by atoms with Crippen LogP contribution in [0.4, 0.5) is 5.69 Å². The molecule has 5 nitrogen and oxygen atoms in total. The van der Waals surface area contributed by atoms with E-state index < -0.39 is 9.84 Å². The third kappa shape index (κ3) is 4.22. The van der Waals surface area contributed by atoms with Gasteiger partial charge in [-0.15, -0.1) is 0 Å². The Morgan fingerprint density at radius 2 is 1.93 bits per heavy atom. The van der Waals surface area contributed by atoms with Crippen molar-refractivity contribution in [3.63, 3.8) is 0 Å². The van der Waals surface area contributed by atoms with Crippen LogP contribution in [-0.4, -0.2) is 20.6 Å². The Morgan fingerprint density at radius 3 is 2.59 bits per heavy atom. The van der Waals surface area contributed by atoms with E-state index >= 15 is 0 Å². The standard InChI is InChI=1S/C21H23NO4S/c1-13(2)18-11-19-15(12-26-20(19)8-14(18)3)9-21(23)22-16-6-5-7-17(10-16)27(4,24)25/h5-8,10-13H,9H2,1-4H3,(H,22,23). The van der Waals surface area contributed by atoms with E-state index in [-0.39, 0.29) is 17.2 Å². The van der Waals surface area contributed by atoms with Crippen molar-refractivity contribution in [3.05, 3.63) is 59.4 Å². The van der Waals surface area contributed by atoms with E-state index in [1.54, 1.807) is 18.4 Å². The lowest BCUT2D eigenvalue weighted by atomic mass is 9.95. The van der Waals surface area contributed by atoms with E-state index in [0.29, 0.717) is 11.6 Å². The Morgan fingerprint density at radius 1 is 1.19 bits per heavy atom. The zero-order valence-corrected chi connectivity index (χ0v) is 16.7. The van der Waals surface area contributed by atoms with Crippen LogP contribution in [-0.2, 0) is 21.1 Å². The number of furan rings is 1. The van der Waals surface area contributed by atoms with Crippen molar-refractivity contribution < 1.29 is 17.6 Å². The van der Waals surface area contributed by atoms with E-state index in [1.807, 2.05) is 6.07 Å². The SMILES string of the molecule is Cc1cc2occ(CC(=O)Nc3cccc(S(C)(=O)=O)c3)c2cc1C(C)C. The second kappa shape index (κ2) is 7.19. The van der Waals surface area contributed by atoms with Gasteiger partial charge >= 0.3 is 0 Å². The van der Waals surface area contributed by atoms with Crippen molar-refractivity contribution in [3.8, 4) is 0 Å². The number of sulfone groups is 1. The van der Waals surface area contributed by atoms with Gasteiger partial charge in [-0.3, -0.25) is 4.79 Å². The summed E-state index contributed by atoms with van der Waals surface area (Å²) in [5.74, 6) is 0.153. The first-order valence-corrected chi connectivity index (χ1v) is 10.6. The highest BCUT2D eigenvalue weighted by Crippen LogP contribution is 2.29. The molecule has 27 heavy (non-hydrogen) atoms. The van der Waals surface area contributed by atoms with Crippen LogP contribution < -0.4 is 5.32 Å². The Bertz CT molecular complexity index is 1110. The molecule has 0 fully saturated rings. The lowest BCUT2D eigenvalue weighted by Crippen LogP contribution is -2.14. The molecule has 0 unspecified atom stereocenters. The summed E-state index contributed by atoms with van der Waals surface area (Å²) in [6.45, 7) is 6.32. The average molecular weight is 385 g/mol. The Hall–Kier alpha value is -2.60. The molecule has 3 rings (SSSR count). The average Bonchev–Trinajstić information content (AvgIpc) is 2.95. The van der Waals surface area contributed by atoms with Gasteiger partial charge in [-0.2, -0.15) is 0 Å². The molecule has 6 heteroatoms. The zero-order valence-electron chi connectivity index (χ0n) is 15.9. The predicted octanol–water partition coefficient (Wildman–Crippen LogP) is 4.45. The van der Waals surface area contributed by atoms with Crippen molar-refractivity contribution in [2.24, 2.45) is 0 Å². The molecular formula is C21H23NO4S. The molecule has 1 N–H and O–H groups in total. The third-order valence-corrected chi connectivity index (χ3v) is 5.67. The van der Waals surface area contributed by atoms with Crippen molar-refractivity contribution in [1.29, 1.82) is 0 Å². The highest BCUT2D eigenvalue weighted by Gasteiger charge is 2.15. The number of hydrogen-bond donors (Lipinski definition) is 1. The summed E-state index contributed by atoms with van der Waals surface area (Å²) in [4.78, 5) is 12.6. The molecule has 1 amide bonds. The maximum absolute atomic E-state index is 12.5. The van der Waals surface area contributed by atoms with Crippen LogP contribution in [0.3, 0.4) is 0 Å². The largest absolute Gasteiger partial charge is 0.464 e. The maximum Gasteiger partial charge on any atom is 0.228 e. The molecule has 2 aromatic carbocycles. The van der Waals surface area contributed by atoms with Crippen molar-refractivity contribution in [2.75, 3.05) is 11.6 Å². The summed E-state index contributed by atoms with van der Waals surface area (Å²) in [6, 6.07) is 10.3. The van der Waals surface area contributed by atoms with Gasteiger partial charge in [0.15, 0.2) is 9.84 Å². The van der Waals surface area contributed by atoms with Gasteiger partial charge in [0.1, 0.15) is 5.58 Å². The molecule has 3 aromatic rings. The van der Waals surface area contributed by atoms with E-state index in [9.17, 15) is 13.2 Å². The Balaban J connectivity index is 1.83. The number of anilines is 1. The monoisotopic (exact) mass is 385 g/mol. The molecule has 142 valence electrons. The fourth-order valence-corrected chi connectivity index (χ4v) is 3.85. The molecule has 0 aliphatic rings. The number of rotatable bonds is 5. The minimum absolute atomic E-state index is 0.150. The lowest BCUT2D eigenvalue weighted by molar-refractivity contribution is -0.115. The van der Waals surface area contributed by atoms with Crippen LogP contribution >= 0.6 is 0 Å². The van der Waals surface area contributed by atoms with E-state index in [2.05, 4.69) is 32.2 Å². The summed E-state index contributed by atoms with van der Waals surface area (Å²) in [5, 5.41) is 3.70. The molecule has 0 aliphatic carbocycles. The van der Waals surface area contributed by atoms with Crippen LogP contribution in [0.15, 0.2) is 52.0 Å². The molecule has 0 atom stereocenters. The van der Waals surface area contributed by atoms with Gasteiger partial charge in [0, 0.05) is 22.9 Å². The number of carbonyl (C=O) groups excluding carboxylic acids is 1. The minimum Gasteiger partial charge on any atom is -0.464 e. The van der Waals surface area contributed by atoms with Gasteiger partial charge in [0.25, 0.3) is 0 Å². The predicted molar refractivity (Wildman–Crippen MR) is 107 cm³/mol. The number of hydrogen-bond acceptors (Lipinski definition) is 4. The van der Waals surface area contributed by atoms with Gasteiger partial charge in [0.2, 0.25) is 5.91 Å². The molecular weight excluding hydrogens is 362 g/mol. The van der Waals surface area contributed by atoms with Crippen molar-refractivity contribution in [1.82, 2.24) is 0 Å². The maximum atomic E-state index is 12.5. The van der Waals surface area contributed by atoms with E-state index in [4.69, 9.17) is 4.42 Å². The summed E-state index contributed by atoms with van der Waals surface area (Å²) < 4.78 is 28.9. The highest BCUT2D eigenvalue weighted by molar-refractivity contribution is 7.90. The summed E-state index contributed by atoms with van der Waals surface area (Å²) in [7, 11) is -3.32. The smallest absolute Gasteiger partial charge is 0.228 e. The number of carbonyl (C=O) groups is 1. The topological polar surface area (TPSA) is 76.4 Å². The number of nitrogens with one attached hydrogen (secondary N) is 1. The molecule has 0 aliphatic heterocycles. The van der Waals surface area contributed by atoms with Gasteiger partial charge in [-0.05, 0) is 54.3 Å². The summed E-state index contributed by atoms with van der Waals surface area (Å²) in [6.07, 6.45) is 2.90. The fraction of sp³-hybridized carbons (Fsp3) is 0.286. The lowest BCUT2D eigenvalue weighted by Gasteiger charge is -2.10. The number of aryl methyl sites for hydroxylation is 1. The molecule has 0 bridgehead atoms. The zero-order chi connectivity index (χ0) is 19.8. The fourth-order valence-electron chi connectivity index (χ4n) is 3.19. The summed E-state index contributed by atoms with van der Waals surface area (Å²) >= 11 is 0. The molecule has 1 aromatic heterocycles. The molecule has 0 radical (unpaired) electrons. The van der Waals surface area contributed by atoms with Crippen molar-refractivity contribution in [2.45, 2.75) is 38.0 Å². The minimum atomic E-state index is -3.32. The summed E-state index contributed by atoms with van der Waals surface area (Å²) in [5.41, 5.74) is 4.42. The van der Waals surface area contributed by atoms with Crippen molar-refractivity contribution >= 4 is 32.4 Å². The van der Waals surface area contributed by atoms with Crippen LogP contribution in [0.25, 0.3) is 11.0 Å². The van der Waals surface area contributed by atoms with Gasteiger partial charge < -0.3 is 9.73 Å². The first-order chi connectivity index (χ1) is 12.6. The number of benzene rings is 2. The normalized spacial score (nSPS) is 11.9. The molecule has 0 spiro atoms. The van der Waals surface area contributed by atoms with Crippen LogP contribution in [0.2, 0.25) is 0 Å². The van der Waals surface area contributed by atoms with Gasteiger partial charge in [-0.1, -0.05) is 19.9 Å². The second-order valence-corrected chi connectivity index (χ2v) is 9.16. The second-order valence-electron chi connectivity index (χ2n) is 7.15. The van der Waals surface area contributed by atoms with E-state index in [1.165, 1.54) is 23.3 Å². The quantitative estimate of drug-likeness (QED) is 0.704. The molecule has 0 saturated carbocycles. The van der Waals surface area contributed by atoms with Crippen LogP contribution in [0, 0.1) is 6.92 Å². The molecule has 0 saturated heterocycles. The Kier molecular flexibility index (Phi) is 5.11. The molecule has 1 heterocycles. The third-order valence-electron chi connectivity index (χ3n) is 4.56. The first kappa shape index (κ1) is 19.2.